The SMILES string of the molecule is Cn1c(COC2CN(Cc3ccc4c(c3)OCCO4)CC2F)nc2ccccc21. The van der Waals surface area contributed by atoms with Gasteiger partial charge in [0.2, 0.25) is 0 Å². The van der Waals surface area contributed by atoms with E-state index in [-0.39, 0.29) is 0 Å². The molecule has 1 aromatic heterocycles. The second-order valence-electron chi connectivity index (χ2n) is 7.61. The predicted octanol–water partition coefficient (Wildman–Crippen LogP) is 3.08. The number of ether oxygens (including phenoxy) is 3. The van der Waals surface area contributed by atoms with Gasteiger partial charge in [-0.05, 0) is 29.8 Å². The average Bonchev–Trinajstić information content (AvgIpc) is 3.25. The Morgan fingerprint density at radius 2 is 1.93 bits per heavy atom. The number of aryl methyl sites for hydroxylation is 1. The normalized spacial score (nSPS) is 21.7. The predicted molar refractivity (Wildman–Crippen MR) is 107 cm³/mol. The lowest BCUT2D eigenvalue weighted by Crippen LogP contribution is -2.25. The molecular weight excluding hydrogens is 373 g/mol. The average molecular weight is 397 g/mol. The summed E-state index contributed by atoms with van der Waals surface area (Å²) < 4.78 is 33.7. The number of nitrogens with zero attached hydrogens (tertiary/aromatic N) is 3. The van der Waals surface area contributed by atoms with Crippen molar-refractivity contribution in [1.29, 1.82) is 0 Å². The van der Waals surface area contributed by atoms with Crippen LogP contribution in [-0.2, 0) is 24.9 Å². The second kappa shape index (κ2) is 7.65. The highest BCUT2D eigenvalue weighted by Gasteiger charge is 2.34. The van der Waals surface area contributed by atoms with Crippen LogP contribution in [0.4, 0.5) is 4.39 Å². The molecule has 152 valence electrons. The van der Waals surface area contributed by atoms with Crippen LogP contribution in [0.15, 0.2) is 42.5 Å². The smallest absolute Gasteiger partial charge is 0.161 e. The molecule has 2 unspecified atom stereocenters. The minimum absolute atomic E-state index is 0.300. The standard InChI is InChI=1S/C22H24FN3O3/c1-25-18-5-3-2-4-17(18)24-22(25)14-29-21-13-26(12-16(21)23)11-15-6-7-19-20(10-15)28-9-8-27-19/h2-7,10,16,21H,8-9,11-14H2,1H3. The molecule has 29 heavy (non-hydrogen) atoms. The zero-order valence-corrected chi connectivity index (χ0v) is 16.4. The van der Waals surface area contributed by atoms with E-state index in [9.17, 15) is 4.39 Å². The first kappa shape index (κ1) is 18.4. The molecule has 5 rings (SSSR count). The lowest BCUT2D eigenvalue weighted by molar-refractivity contribution is 0.00749. The fourth-order valence-corrected chi connectivity index (χ4v) is 4.04. The molecule has 2 atom stereocenters. The molecule has 0 amide bonds. The van der Waals surface area contributed by atoms with Crippen molar-refractivity contribution < 1.29 is 18.6 Å². The van der Waals surface area contributed by atoms with Crippen molar-refractivity contribution >= 4 is 11.0 Å². The van der Waals surface area contributed by atoms with Gasteiger partial charge in [0.05, 0.1) is 11.0 Å². The fourth-order valence-electron chi connectivity index (χ4n) is 4.04. The Hall–Kier alpha value is -2.64. The summed E-state index contributed by atoms with van der Waals surface area (Å²) in [7, 11) is 1.96. The zero-order valence-electron chi connectivity index (χ0n) is 16.4. The summed E-state index contributed by atoms with van der Waals surface area (Å²) in [6.45, 7) is 3.01. The van der Waals surface area contributed by atoms with Crippen molar-refractivity contribution in [2.24, 2.45) is 7.05 Å². The van der Waals surface area contributed by atoms with Crippen molar-refractivity contribution in [2.45, 2.75) is 25.4 Å². The quantitative estimate of drug-likeness (QED) is 0.662. The lowest BCUT2D eigenvalue weighted by Gasteiger charge is -2.20. The first-order valence-corrected chi connectivity index (χ1v) is 9.94. The van der Waals surface area contributed by atoms with E-state index in [1.54, 1.807) is 0 Å². The van der Waals surface area contributed by atoms with E-state index >= 15 is 0 Å². The van der Waals surface area contributed by atoms with E-state index in [1.165, 1.54) is 0 Å². The molecule has 0 bridgehead atoms. The first-order chi connectivity index (χ1) is 14.2. The van der Waals surface area contributed by atoms with Crippen LogP contribution in [-0.4, -0.2) is 53.0 Å². The molecule has 3 heterocycles. The van der Waals surface area contributed by atoms with Crippen LogP contribution in [0.5, 0.6) is 11.5 Å². The topological polar surface area (TPSA) is 48.8 Å². The van der Waals surface area contributed by atoms with Crippen LogP contribution in [0.1, 0.15) is 11.4 Å². The summed E-state index contributed by atoms with van der Waals surface area (Å²) in [5.74, 6) is 2.34. The van der Waals surface area contributed by atoms with Gasteiger partial charge in [-0.3, -0.25) is 4.90 Å². The number of fused-ring (bicyclic) bond motifs is 2. The Kier molecular flexibility index (Phi) is 4.85. The van der Waals surface area contributed by atoms with E-state index in [0.29, 0.717) is 39.5 Å². The molecule has 3 aromatic rings. The minimum atomic E-state index is -1.01. The highest BCUT2D eigenvalue weighted by atomic mass is 19.1. The van der Waals surface area contributed by atoms with Crippen LogP contribution in [0.3, 0.4) is 0 Å². The van der Waals surface area contributed by atoms with Crippen LogP contribution in [0.2, 0.25) is 0 Å². The highest BCUT2D eigenvalue weighted by molar-refractivity contribution is 5.75. The Morgan fingerprint density at radius 1 is 1.10 bits per heavy atom. The number of halogens is 1. The van der Waals surface area contributed by atoms with Gasteiger partial charge in [0.15, 0.2) is 11.5 Å². The van der Waals surface area contributed by atoms with Gasteiger partial charge in [-0.1, -0.05) is 18.2 Å². The molecule has 2 aromatic carbocycles. The van der Waals surface area contributed by atoms with Gasteiger partial charge in [-0.2, -0.15) is 0 Å². The molecule has 0 aliphatic carbocycles. The summed E-state index contributed by atoms with van der Waals surface area (Å²) in [6, 6.07) is 13.9. The van der Waals surface area contributed by atoms with E-state index in [0.717, 1.165) is 33.9 Å². The maximum atomic E-state index is 14.6. The fraction of sp³-hybridized carbons (Fsp3) is 0.409. The van der Waals surface area contributed by atoms with Gasteiger partial charge in [0, 0.05) is 26.7 Å². The van der Waals surface area contributed by atoms with E-state index < -0.39 is 12.3 Å². The first-order valence-electron chi connectivity index (χ1n) is 9.94. The summed E-state index contributed by atoms with van der Waals surface area (Å²) in [5.41, 5.74) is 3.06. The number of likely N-dealkylation sites (tertiary alicyclic amines) is 1. The summed E-state index contributed by atoms with van der Waals surface area (Å²) in [6.07, 6.45) is -1.46. The van der Waals surface area contributed by atoms with Crippen LogP contribution < -0.4 is 9.47 Å². The monoisotopic (exact) mass is 397 g/mol. The largest absolute Gasteiger partial charge is 0.486 e. The maximum Gasteiger partial charge on any atom is 0.161 e. The molecule has 0 N–H and O–H groups in total. The van der Waals surface area contributed by atoms with Crippen LogP contribution in [0.25, 0.3) is 11.0 Å². The number of imidazole rings is 1. The molecule has 0 saturated carbocycles. The second-order valence-corrected chi connectivity index (χ2v) is 7.61. The lowest BCUT2D eigenvalue weighted by atomic mass is 10.2. The number of benzene rings is 2. The van der Waals surface area contributed by atoms with Crippen LogP contribution >= 0.6 is 0 Å². The van der Waals surface area contributed by atoms with Gasteiger partial charge in [0.1, 0.15) is 37.9 Å². The third-order valence-electron chi connectivity index (χ3n) is 5.59. The Balaban J connectivity index is 1.21. The molecule has 0 spiro atoms. The minimum Gasteiger partial charge on any atom is -0.486 e. The van der Waals surface area contributed by atoms with Crippen molar-refractivity contribution in [2.75, 3.05) is 26.3 Å². The third kappa shape index (κ3) is 3.68. The van der Waals surface area contributed by atoms with Gasteiger partial charge >= 0.3 is 0 Å². The van der Waals surface area contributed by atoms with Crippen molar-refractivity contribution in [3.05, 3.63) is 53.9 Å². The zero-order chi connectivity index (χ0) is 19.8. The molecule has 0 radical (unpaired) electrons. The molecule has 1 fully saturated rings. The van der Waals surface area contributed by atoms with E-state index in [4.69, 9.17) is 14.2 Å². The molecule has 6 nitrogen and oxygen atoms in total. The molecular formula is C22H24FN3O3. The van der Waals surface area contributed by atoms with Crippen molar-refractivity contribution in [1.82, 2.24) is 14.5 Å². The van der Waals surface area contributed by atoms with Gasteiger partial charge < -0.3 is 18.8 Å². The van der Waals surface area contributed by atoms with Gasteiger partial charge in [-0.15, -0.1) is 0 Å². The van der Waals surface area contributed by atoms with Crippen molar-refractivity contribution in [3.63, 3.8) is 0 Å². The number of aromatic nitrogens is 2. The van der Waals surface area contributed by atoms with E-state index in [2.05, 4.69) is 9.88 Å². The third-order valence-corrected chi connectivity index (χ3v) is 5.59. The number of para-hydroxylation sites is 2. The van der Waals surface area contributed by atoms with Gasteiger partial charge in [-0.25, -0.2) is 9.37 Å². The highest BCUT2D eigenvalue weighted by Crippen LogP contribution is 2.31. The summed E-state index contributed by atoms with van der Waals surface area (Å²) in [5, 5.41) is 0. The molecule has 2 aliphatic heterocycles. The number of hydrogen-bond acceptors (Lipinski definition) is 5. The molecule has 1 saturated heterocycles. The number of rotatable bonds is 5. The van der Waals surface area contributed by atoms with Gasteiger partial charge in [0.25, 0.3) is 0 Å². The number of alkyl halides is 1. The Morgan fingerprint density at radius 3 is 2.79 bits per heavy atom. The van der Waals surface area contributed by atoms with E-state index in [1.807, 2.05) is 54.1 Å². The van der Waals surface area contributed by atoms with Crippen molar-refractivity contribution in [3.8, 4) is 11.5 Å². The summed E-state index contributed by atoms with van der Waals surface area (Å²) in [4.78, 5) is 6.68. The molecule has 7 heteroatoms. The molecule has 2 aliphatic rings. The Bertz CT molecular complexity index is 1020. The Labute approximate surface area is 168 Å². The van der Waals surface area contributed by atoms with Crippen LogP contribution in [0, 0.1) is 0 Å². The maximum absolute atomic E-state index is 14.6. The summed E-state index contributed by atoms with van der Waals surface area (Å²) >= 11 is 0. The number of hydrogen-bond donors (Lipinski definition) is 0.